The molecule has 1 amide bonds. The van der Waals surface area contributed by atoms with E-state index in [1.807, 2.05) is 0 Å². The molecule has 1 unspecified atom stereocenters. The Balaban J connectivity index is 2.81. The number of benzene rings is 1. The van der Waals surface area contributed by atoms with Crippen LogP contribution in [0.15, 0.2) is 22.7 Å². The molecule has 0 aliphatic rings. The van der Waals surface area contributed by atoms with Gasteiger partial charge in [-0.25, -0.2) is 13.2 Å². The SMILES string of the molecule is CS(=O)(=O)CCC(NC(=O)c1ccc(Br)c(N)c1)C(=O)O. The van der Waals surface area contributed by atoms with Crippen LogP contribution in [0.25, 0.3) is 0 Å². The molecule has 0 radical (unpaired) electrons. The molecule has 1 atom stereocenters. The average Bonchev–Trinajstić information content (AvgIpc) is 2.36. The molecule has 0 aromatic heterocycles. The molecule has 0 bridgehead atoms. The molecule has 7 nitrogen and oxygen atoms in total. The summed E-state index contributed by atoms with van der Waals surface area (Å²) in [6.45, 7) is 0. The van der Waals surface area contributed by atoms with Crippen molar-refractivity contribution in [2.24, 2.45) is 0 Å². The second-order valence-corrected chi connectivity index (χ2v) is 7.63. The number of nitrogen functional groups attached to an aromatic ring is 1. The van der Waals surface area contributed by atoms with Gasteiger partial charge in [0.25, 0.3) is 5.91 Å². The number of hydrogen-bond acceptors (Lipinski definition) is 5. The Bertz CT molecular complexity index is 660. The van der Waals surface area contributed by atoms with Crippen LogP contribution in [0.3, 0.4) is 0 Å². The normalized spacial score (nSPS) is 12.7. The van der Waals surface area contributed by atoms with Crippen LogP contribution in [0.5, 0.6) is 0 Å². The number of aliphatic carboxylic acids is 1. The van der Waals surface area contributed by atoms with Gasteiger partial charge < -0.3 is 16.2 Å². The lowest BCUT2D eigenvalue weighted by atomic mass is 10.1. The number of amides is 1. The molecule has 0 heterocycles. The number of sulfone groups is 1. The molecule has 0 aliphatic carbocycles. The van der Waals surface area contributed by atoms with Crippen molar-refractivity contribution in [3.8, 4) is 0 Å². The van der Waals surface area contributed by atoms with E-state index in [9.17, 15) is 18.0 Å². The van der Waals surface area contributed by atoms with Gasteiger partial charge in [-0.1, -0.05) is 0 Å². The summed E-state index contributed by atoms with van der Waals surface area (Å²) in [5.41, 5.74) is 6.18. The van der Waals surface area contributed by atoms with Crippen LogP contribution in [-0.4, -0.2) is 43.5 Å². The number of rotatable bonds is 6. The minimum absolute atomic E-state index is 0.196. The Hall–Kier alpha value is -1.61. The van der Waals surface area contributed by atoms with Crippen LogP contribution in [0, 0.1) is 0 Å². The van der Waals surface area contributed by atoms with Gasteiger partial charge in [0, 0.05) is 22.0 Å². The van der Waals surface area contributed by atoms with Gasteiger partial charge in [-0.15, -0.1) is 0 Å². The van der Waals surface area contributed by atoms with Crippen LogP contribution in [0.4, 0.5) is 5.69 Å². The molecule has 116 valence electrons. The van der Waals surface area contributed by atoms with Gasteiger partial charge in [0.05, 0.1) is 5.75 Å². The molecule has 0 aliphatic heterocycles. The number of carbonyl (C=O) groups is 2. The molecule has 1 rings (SSSR count). The zero-order chi connectivity index (χ0) is 16.2. The maximum Gasteiger partial charge on any atom is 0.326 e. The van der Waals surface area contributed by atoms with E-state index in [2.05, 4.69) is 21.2 Å². The molecule has 0 spiro atoms. The molecule has 1 aromatic rings. The molecule has 4 N–H and O–H groups in total. The summed E-state index contributed by atoms with van der Waals surface area (Å²) in [7, 11) is -3.31. The van der Waals surface area contributed by atoms with E-state index < -0.39 is 27.8 Å². The molecule has 0 saturated carbocycles. The predicted octanol–water partition coefficient (Wildman–Crippen LogP) is 0.649. The van der Waals surface area contributed by atoms with Crippen molar-refractivity contribution in [3.63, 3.8) is 0 Å². The average molecular weight is 379 g/mol. The lowest BCUT2D eigenvalue weighted by Crippen LogP contribution is -2.41. The van der Waals surface area contributed by atoms with E-state index in [1.165, 1.54) is 12.1 Å². The third-order valence-electron chi connectivity index (χ3n) is 2.64. The number of nitrogens with one attached hydrogen (secondary N) is 1. The largest absolute Gasteiger partial charge is 0.480 e. The third-order valence-corrected chi connectivity index (χ3v) is 4.34. The van der Waals surface area contributed by atoms with Crippen LogP contribution < -0.4 is 11.1 Å². The first kappa shape index (κ1) is 17.4. The van der Waals surface area contributed by atoms with Crippen molar-refractivity contribution in [2.75, 3.05) is 17.7 Å². The molecular formula is C12H15BrN2O5S. The molecule has 1 aromatic carbocycles. The second-order valence-electron chi connectivity index (χ2n) is 4.52. The number of anilines is 1. The van der Waals surface area contributed by atoms with Gasteiger partial charge in [-0.2, -0.15) is 0 Å². The maximum atomic E-state index is 12.0. The number of carbonyl (C=O) groups excluding carboxylic acids is 1. The standard InChI is InChI=1S/C12H15BrN2O5S/c1-21(19,20)5-4-10(12(17)18)15-11(16)7-2-3-8(13)9(14)6-7/h2-3,6,10H,4-5,14H2,1H3,(H,15,16)(H,17,18). The van der Waals surface area contributed by atoms with Crippen molar-refractivity contribution in [1.82, 2.24) is 5.32 Å². The van der Waals surface area contributed by atoms with Crippen LogP contribution in [0.1, 0.15) is 16.8 Å². The van der Waals surface area contributed by atoms with Crippen molar-refractivity contribution in [1.29, 1.82) is 0 Å². The van der Waals surface area contributed by atoms with E-state index >= 15 is 0 Å². The first-order valence-electron chi connectivity index (χ1n) is 5.86. The monoisotopic (exact) mass is 378 g/mol. The fourth-order valence-electron chi connectivity index (χ4n) is 1.52. The summed E-state index contributed by atoms with van der Waals surface area (Å²) >= 11 is 3.18. The smallest absolute Gasteiger partial charge is 0.326 e. The van der Waals surface area contributed by atoms with Crippen LogP contribution >= 0.6 is 15.9 Å². The number of halogens is 1. The van der Waals surface area contributed by atoms with Crippen LogP contribution in [0.2, 0.25) is 0 Å². The predicted molar refractivity (Wildman–Crippen MR) is 81.8 cm³/mol. The Labute approximate surface area is 130 Å². The van der Waals surface area contributed by atoms with Crippen molar-refractivity contribution in [3.05, 3.63) is 28.2 Å². The lowest BCUT2D eigenvalue weighted by Gasteiger charge is -2.14. The summed E-state index contributed by atoms with van der Waals surface area (Å²) < 4.78 is 22.8. The minimum atomic E-state index is -3.31. The van der Waals surface area contributed by atoms with Crippen molar-refractivity contribution >= 4 is 43.3 Å². The number of hydrogen-bond donors (Lipinski definition) is 3. The highest BCUT2D eigenvalue weighted by Crippen LogP contribution is 2.20. The molecule has 9 heteroatoms. The zero-order valence-corrected chi connectivity index (χ0v) is 13.6. The number of carboxylic acids is 1. The Morgan fingerprint density at radius 3 is 2.52 bits per heavy atom. The van der Waals surface area contributed by atoms with Gasteiger partial charge in [0.1, 0.15) is 15.9 Å². The first-order chi connectivity index (χ1) is 9.60. The summed E-state index contributed by atoms with van der Waals surface area (Å²) in [6.07, 6.45) is 0.801. The van der Waals surface area contributed by atoms with Gasteiger partial charge in [-0.05, 0) is 40.5 Å². The van der Waals surface area contributed by atoms with E-state index in [0.717, 1.165) is 6.26 Å². The highest BCUT2D eigenvalue weighted by molar-refractivity contribution is 9.10. The van der Waals surface area contributed by atoms with Crippen LogP contribution in [-0.2, 0) is 14.6 Å². The Morgan fingerprint density at radius 1 is 1.43 bits per heavy atom. The topological polar surface area (TPSA) is 127 Å². The third kappa shape index (κ3) is 5.72. The summed E-state index contributed by atoms with van der Waals surface area (Å²) in [4.78, 5) is 23.0. The van der Waals surface area contributed by atoms with Gasteiger partial charge in [-0.3, -0.25) is 4.79 Å². The number of nitrogens with two attached hydrogens (primary N) is 1. The van der Waals surface area contributed by atoms with E-state index in [0.29, 0.717) is 10.2 Å². The zero-order valence-electron chi connectivity index (χ0n) is 11.2. The van der Waals surface area contributed by atoms with Gasteiger partial charge in [0.15, 0.2) is 0 Å². The Kier molecular flexibility index (Phi) is 5.73. The fourth-order valence-corrected chi connectivity index (χ4v) is 2.43. The Morgan fingerprint density at radius 2 is 2.05 bits per heavy atom. The highest BCUT2D eigenvalue weighted by Gasteiger charge is 2.22. The van der Waals surface area contributed by atoms with E-state index in [4.69, 9.17) is 10.8 Å². The summed E-state index contributed by atoms with van der Waals surface area (Å²) in [6, 6.07) is 3.16. The first-order valence-corrected chi connectivity index (χ1v) is 8.72. The maximum absolute atomic E-state index is 12.0. The number of carboxylic acid groups (broad SMARTS) is 1. The van der Waals surface area contributed by atoms with Gasteiger partial charge in [0.2, 0.25) is 0 Å². The van der Waals surface area contributed by atoms with Crippen molar-refractivity contribution in [2.45, 2.75) is 12.5 Å². The minimum Gasteiger partial charge on any atom is -0.480 e. The van der Waals surface area contributed by atoms with E-state index in [1.54, 1.807) is 6.07 Å². The fraction of sp³-hybridized carbons (Fsp3) is 0.333. The highest BCUT2D eigenvalue weighted by atomic mass is 79.9. The second kappa shape index (κ2) is 6.90. The van der Waals surface area contributed by atoms with Crippen molar-refractivity contribution < 1.29 is 23.1 Å². The summed E-state index contributed by atoms with van der Waals surface area (Å²) in [5.74, 6) is -2.25. The molecular weight excluding hydrogens is 364 g/mol. The molecule has 21 heavy (non-hydrogen) atoms. The molecule has 0 fully saturated rings. The lowest BCUT2D eigenvalue weighted by molar-refractivity contribution is -0.139. The van der Waals surface area contributed by atoms with E-state index in [-0.39, 0.29) is 17.7 Å². The summed E-state index contributed by atoms with van der Waals surface area (Å²) in [5, 5.41) is 11.3. The quantitative estimate of drug-likeness (QED) is 0.623. The molecule has 0 saturated heterocycles. The van der Waals surface area contributed by atoms with Gasteiger partial charge >= 0.3 is 5.97 Å².